The lowest BCUT2D eigenvalue weighted by Crippen LogP contribution is -2.54. The molecule has 2 saturated heterocycles. The van der Waals surface area contributed by atoms with E-state index in [1.54, 1.807) is 0 Å². The number of fused-ring (bicyclic) bond motifs is 1. The first-order valence-electron chi connectivity index (χ1n) is 7.91. The Morgan fingerprint density at radius 3 is 2.95 bits per heavy atom. The van der Waals surface area contributed by atoms with Crippen LogP contribution in [0.5, 0.6) is 0 Å². The Labute approximate surface area is 121 Å². The minimum absolute atomic E-state index is 0.431. The molecule has 2 atom stereocenters. The van der Waals surface area contributed by atoms with E-state index in [-0.39, 0.29) is 0 Å². The van der Waals surface area contributed by atoms with Crippen molar-refractivity contribution < 1.29 is 5.11 Å². The van der Waals surface area contributed by atoms with Crippen molar-refractivity contribution in [2.24, 2.45) is 0 Å². The Bertz CT molecular complexity index is 434. The summed E-state index contributed by atoms with van der Waals surface area (Å²) in [5.41, 5.74) is 1.98. The second-order valence-corrected chi connectivity index (χ2v) is 6.00. The molecule has 0 amide bonds. The van der Waals surface area contributed by atoms with E-state index in [0.717, 1.165) is 24.8 Å². The summed E-state index contributed by atoms with van der Waals surface area (Å²) in [6, 6.07) is 4.80. The van der Waals surface area contributed by atoms with Crippen LogP contribution >= 0.6 is 0 Å². The zero-order chi connectivity index (χ0) is 13.9. The van der Waals surface area contributed by atoms with E-state index in [4.69, 9.17) is 0 Å². The van der Waals surface area contributed by atoms with Gasteiger partial charge in [0.25, 0.3) is 0 Å². The minimum Gasteiger partial charge on any atom is -0.387 e. The molecule has 3 rings (SSSR count). The van der Waals surface area contributed by atoms with Gasteiger partial charge in [-0.2, -0.15) is 0 Å². The Balaban J connectivity index is 1.67. The van der Waals surface area contributed by atoms with Gasteiger partial charge in [0.2, 0.25) is 0 Å². The van der Waals surface area contributed by atoms with Crippen molar-refractivity contribution in [2.75, 3.05) is 31.1 Å². The van der Waals surface area contributed by atoms with Crippen LogP contribution in [-0.2, 0) is 0 Å². The Kier molecular flexibility index (Phi) is 4.22. The predicted octanol–water partition coefficient (Wildman–Crippen LogP) is 2.20. The van der Waals surface area contributed by atoms with Crippen molar-refractivity contribution in [1.29, 1.82) is 0 Å². The Morgan fingerprint density at radius 1 is 1.30 bits per heavy atom. The number of rotatable bonds is 3. The molecule has 4 heteroatoms. The summed E-state index contributed by atoms with van der Waals surface area (Å²) >= 11 is 0. The summed E-state index contributed by atoms with van der Waals surface area (Å²) in [5, 5.41) is 9.80. The molecule has 2 aliphatic rings. The SMILES string of the molecule is CC[C@@H](O)c1ccc(N2CCN3CCCCC3C2)cn1. The number of hydrogen-bond donors (Lipinski definition) is 1. The quantitative estimate of drug-likeness (QED) is 0.918. The van der Waals surface area contributed by atoms with Crippen LogP contribution in [0.4, 0.5) is 5.69 Å². The monoisotopic (exact) mass is 275 g/mol. The van der Waals surface area contributed by atoms with Crippen LogP contribution in [0.25, 0.3) is 0 Å². The molecule has 0 aromatic carbocycles. The molecule has 0 radical (unpaired) electrons. The lowest BCUT2D eigenvalue weighted by atomic mass is 9.99. The third kappa shape index (κ3) is 2.81. The number of nitrogens with zero attached hydrogens (tertiary/aromatic N) is 3. The first kappa shape index (κ1) is 13.8. The van der Waals surface area contributed by atoms with Gasteiger partial charge in [-0.25, -0.2) is 0 Å². The highest BCUT2D eigenvalue weighted by atomic mass is 16.3. The standard InChI is InChI=1S/C16H25N3O/c1-2-16(20)15-7-6-13(11-17-15)19-10-9-18-8-4-3-5-14(18)12-19/h6-7,11,14,16,20H,2-5,8-10,12H2,1H3/t14?,16-/m1/s1. The van der Waals surface area contributed by atoms with Crippen LogP contribution in [0, 0.1) is 0 Å². The molecule has 1 aromatic rings. The fraction of sp³-hybridized carbons (Fsp3) is 0.688. The zero-order valence-electron chi connectivity index (χ0n) is 12.3. The summed E-state index contributed by atoms with van der Waals surface area (Å²) in [7, 11) is 0. The van der Waals surface area contributed by atoms with Crippen LogP contribution in [-0.4, -0.2) is 47.2 Å². The summed E-state index contributed by atoms with van der Waals surface area (Å²) in [6.07, 6.45) is 6.27. The normalized spacial score (nSPS) is 25.3. The molecule has 0 spiro atoms. The lowest BCUT2D eigenvalue weighted by Gasteiger charge is -2.44. The van der Waals surface area contributed by atoms with Crippen molar-refractivity contribution in [3.63, 3.8) is 0 Å². The van der Waals surface area contributed by atoms with Crippen molar-refractivity contribution >= 4 is 5.69 Å². The predicted molar refractivity (Wildman–Crippen MR) is 80.9 cm³/mol. The third-order valence-corrected chi connectivity index (χ3v) is 4.70. The molecular formula is C16H25N3O. The maximum atomic E-state index is 9.80. The molecule has 3 heterocycles. The largest absolute Gasteiger partial charge is 0.387 e. The number of piperazine rings is 1. The van der Waals surface area contributed by atoms with E-state index in [1.807, 2.05) is 19.2 Å². The van der Waals surface area contributed by atoms with Crippen LogP contribution in [0.1, 0.15) is 44.4 Å². The molecular weight excluding hydrogens is 250 g/mol. The maximum Gasteiger partial charge on any atom is 0.0957 e. The van der Waals surface area contributed by atoms with E-state index in [1.165, 1.54) is 38.0 Å². The first-order chi connectivity index (χ1) is 9.78. The number of aliphatic hydroxyl groups is 1. The highest BCUT2D eigenvalue weighted by Gasteiger charge is 2.28. The van der Waals surface area contributed by atoms with Gasteiger partial charge in [-0.1, -0.05) is 13.3 Å². The Hall–Kier alpha value is -1.13. The summed E-state index contributed by atoms with van der Waals surface area (Å²) < 4.78 is 0. The number of hydrogen-bond acceptors (Lipinski definition) is 4. The van der Waals surface area contributed by atoms with Crippen LogP contribution in [0.15, 0.2) is 18.3 Å². The molecule has 4 nitrogen and oxygen atoms in total. The Morgan fingerprint density at radius 2 is 2.20 bits per heavy atom. The van der Waals surface area contributed by atoms with E-state index >= 15 is 0 Å². The second-order valence-electron chi connectivity index (χ2n) is 6.00. The highest BCUT2D eigenvalue weighted by Crippen LogP contribution is 2.25. The highest BCUT2D eigenvalue weighted by molar-refractivity contribution is 5.45. The van der Waals surface area contributed by atoms with Gasteiger partial charge in [0.1, 0.15) is 0 Å². The number of aromatic nitrogens is 1. The van der Waals surface area contributed by atoms with Gasteiger partial charge in [0.15, 0.2) is 0 Å². The molecule has 20 heavy (non-hydrogen) atoms. The van der Waals surface area contributed by atoms with Gasteiger partial charge in [-0.15, -0.1) is 0 Å². The van der Waals surface area contributed by atoms with Crippen molar-refractivity contribution in [2.45, 2.75) is 44.8 Å². The van der Waals surface area contributed by atoms with E-state index in [0.29, 0.717) is 6.42 Å². The van der Waals surface area contributed by atoms with Crippen molar-refractivity contribution in [3.05, 3.63) is 24.0 Å². The van der Waals surface area contributed by atoms with Gasteiger partial charge >= 0.3 is 0 Å². The molecule has 0 bridgehead atoms. The number of pyridine rings is 1. The number of aliphatic hydroxyl groups excluding tert-OH is 1. The summed E-state index contributed by atoms with van der Waals surface area (Å²) in [6.45, 7) is 6.64. The minimum atomic E-state index is -0.431. The molecule has 0 aliphatic carbocycles. The second kappa shape index (κ2) is 6.10. The number of anilines is 1. The van der Waals surface area contributed by atoms with E-state index in [2.05, 4.69) is 20.9 Å². The average molecular weight is 275 g/mol. The van der Waals surface area contributed by atoms with Crippen LogP contribution < -0.4 is 4.90 Å². The average Bonchev–Trinajstić information content (AvgIpc) is 2.54. The fourth-order valence-corrected chi connectivity index (χ4v) is 3.38. The molecule has 0 saturated carbocycles. The summed E-state index contributed by atoms with van der Waals surface area (Å²) in [4.78, 5) is 9.51. The zero-order valence-corrected chi connectivity index (χ0v) is 12.3. The first-order valence-corrected chi connectivity index (χ1v) is 7.91. The molecule has 1 N–H and O–H groups in total. The topological polar surface area (TPSA) is 39.6 Å². The van der Waals surface area contributed by atoms with Gasteiger partial charge in [-0.05, 0) is 37.9 Å². The molecule has 1 aromatic heterocycles. The van der Waals surface area contributed by atoms with Crippen LogP contribution in [0.3, 0.4) is 0 Å². The molecule has 110 valence electrons. The van der Waals surface area contributed by atoms with Crippen LogP contribution in [0.2, 0.25) is 0 Å². The molecule has 2 fully saturated rings. The fourth-order valence-electron chi connectivity index (χ4n) is 3.38. The van der Waals surface area contributed by atoms with E-state index < -0.39 is 6.10 Å². The lowest BCUT2D eigenvalue weighted by molar-refractivity contribution is 0.133. The smallest absolute Gasteiger partial charge is 0.0957 e. The third-order valence-electron chi connectivity index (χ3n) is 4.70. The maximum absolute atomic E-state index is 9.80. The van der Waals surface area contributed by atoms with Gasteiger partial charge in [-0.3, -0.25) is 9.88 Å². The van der Waals surface area contributed by atoms with Gasteiger partial charge in [0.05, 0.1) is 23.7 Å². The van der Waals surface area contributed by atoms with Gasteiger partial charge < -0.3 is 10.0 Å². The molecule has 1 unspecified atom stereocenters. The summed E-state index contributed by atoms with van der Waals surface area (Å²) in [5.74, 6) is 0. The molecule has 2 aliphatic heterocycles. The van der Waals surface area contributed by atoms with Crippen molar-refractivity contribution in [1.82, 2.24) is 9.88 Å². The number of piperidine rings is 1. The van der Waals surface area contributed by atoms with Crippen molar-refractivity contribution in [3.8, 4) is 0 Å². The van der Waals surface area contributed by atoms with E-state index in [9.17, 15) is 5.11 Å². The van der Waals surface area contributed by atoms with Gasteiger partial charge in [0, 0.05) is 25.7 Å².